The lowest BCUT2D eigenvalue weighted by Gasteiger charge is -2.33. The highest BCUT2D eigenvalue weighted by Gasteiger charge is 2.42. The molecule has 1 saturated carbocycles. The summed E-state index contributed by atoms with van der Waals surface area (Å²) in [5.41, 5.74) is 3.62. The van der Waals surface area contributed by atoms with Crippen molar-refractivity contribution in [2.75, 3.05) is 17.9 Å². The van der Waals surface area contributed by atoms with Crippen molar-refractivity contribution in [1.29, 1.82) is 0 Å². The number of aromatic nitrogens is 4. The molecule has 11 nitrogen and oxygen atoms in total. The molecular formula is C34H38N6O5S. The molecule has 12 heteroatoms. The van der Waals surface area contributed by atoms with Crippen LogP contribution in [-0.2, 0) is 16.6 Å². The van der Waals surface area contributed by atoms with Crippen molar-refractivity contribution in [3.8, 4) is 22.9 Å². The summed E-state index contributed by atoms with van der Waals surface area (Å²) in [6.45, 7) is 8.93. The van der Waals surface area contributed by atoms with E-state index in [1.165, 1.54) is 12.1 Å². The van der Waals surface area contributed by atoms with Crippen molar-refractivity contribution < 1.29 is 22.7 Å². The molecule has 240 valence electrons. The highest BCUT2D eigenvalue weighted by atomic mass is 32.2. The summed E-state index contributed by atoms with van der Waals surface area (Å²) in [5, 5.41) is 0. The van der Waals surface area contributed by atoms with Crippen molar-refractivity contribution in [3.63, 3.8) is 0 Å². The van der Waals surface area contributed by atoms with Gasteiger partial charge in [-0.25, -0.2) is 28.1 Å². The van der Waals surface area contributed by atoms with E-state index in [0.29, 0.717) is 30.3 Å². The minimum Gasteiger partial charge on any atom is -0.490 e. The zero-order valence-corrected chi connectivity index (χ0v) is 27.3. The van der Waals surface area contributed by atoms with E-state index in [2.05, 4.69) is 31.6 Å². The second-order valence-electron chi connectivity index (χ2n) is 12.4. The first-order chi connectivity index (χ1) is 22.0. The fourth-order valence-electron chi connectivity index (χ4n) is 5.70. The number of hydrogen-bond acceptors (Lipinski definition) is 9. The van der Waals surface area contributed by atoms with Gasteiger partial charge in [0, 0.05) is 17.2 Å². The van der Waals surface area contributed by atoms with Gasteiger partial charge in [-0.3, -0.25) is 4.79 Å². The predicted octanol–water partition coefficient (Wildman–Crippen LogP) is 5.73. The van der Waals surface area contributed by atoms with Crippen LogP contribution in [0.1, 0.15) is 66.8 Å². The summed E-state index contributed by atoms with van der Waals surface area (Å²) in [5.74, 6) is 0.713. The van der Waals surface area contributed by atoms with Crippen LogP contribution in [0.3, 0.4) is 0 Å². The molecule has 4 bridgehead atoms. The van der Waals surface area contributed by atoms with Gasteiger partial charge in [0.15, 0.2) is 5.75 Å². The topological polar surface area (TPSA) is 136 Å². The van der Waals surface area contributed by atoms with E-state index in [1.54, 1.807) is 35.5 Å². The number of nitrogens with one attached hydrogen (secondary N) is 1. The number of benzene rings is 2. The maximum absolute atomic E-state index is 14.3. The molecule has 1 amide bonds. The molecule has 1 atom stereocenters. The second-order valence-corrected chi connectivity index (χ2v) is 14.1. The lowest BCUT2D eigenvalue weighted by atomic mass is 9.97. The Morgan fingerprint density at radius 1 is 1.04 bits per heavy atom. The number of fused-ring (bicyclic) bond motifs is 4. The monoisotopic (exact) mass is 642 g/mol. The molecule has 0 unspecified atom stereocenters. The van der Waals surface area contributed by atoms with Gasteiger partial charge in [-0.15, -0.1) is 0 Å². The molecule has 46 heavy (non-hydrogen) atoms. The lowest BCUT2D eigenvalue weighted by molar-refractivity contribution is 0.0533. The minimum absolute atomic E-state index is 0.0478. The normalized spacial score (nSPS) is 18.3. The first-order valence-corrected chi connectivity index (χ1v) is 17.0. The highest BCUT2D eigenvalue weighted by molar-refractivity contribution is 7.92. The number of rotatable bonds is 8. The minimum atomic E-state index is -4.16. The van der Waals surface area contributed by atoms with Crippen molar-refractivity contribution in [2.45, 2.75) is 70.9 Å². The summed E-state index contributed by atoms with van der Waals surface area (Å²) in [7, 11) is -4.16. The van der Waals surface area contributed by atoms with Gasteiger partial charge >= 0.3 is 0 Å². The molecule has 1 aliphatic heterocycles. The Morgan fingerprint density at radius 2 is 1.76 bits per heavy atom. The largest absolute Gasteiger partial charge is 0.490 e. The van der Waals surface area contributed by atoms with E-state index in [0.717, 1.165) is 36.0 Å². The van der Waals surface area contributed by atoms with Crippen LogP contribution in [0.5, 0.6) is 11.6 Å². The molecule has 2 aromatic heterocycles. The van der Waals surface area contributed by atoms with Gasteiger partial charge in [0.2, 0.25) is 11.8 Å². The molecule has 6 rings (SSSR count). The summed E-state index contributed by atoms with van der Waals surface area (Å²) in [6, 6.07) is 13.2. The summed E-state index contributed by atoms with van der Waals surface area (Å²) in [6.07, 6.45) is 6.82. The second kappa shape index (κ2) is 12.7. The van der Waals surface area contributed by atoms with E-state index < -0.39 is 16.1 Å². The van der Waals surface area contributed by atoms with Crippen LogP contribution in [0.25, 0.3) is 11.3 Å². The molecule has 2 aromatic carbocycles. The fraction of sp³-hybridized carbons (Fsp3) is 0.382. The molecular weight excluding hydrogens is 604 g/mol. The van der Waals surface area contributed by atoms with Crippen molar-refractivity contribution >= 4 is 21.9 Å². The third-order valence-corrected chi connectivity index (χ3v) is 9.81. The standard InChI is InChI=1S/C34H38N6O5S/c1-5-14-44-26-18-35-29(36-19-26)20-40-25(17-34(4)12-13-34)21-45-30-16-28(31-22(2)8-6-9-23(31)3)37-33(38-30)39-46(42,43)27-11-7-10-24(15-27)32(40)41/h6-11,15-16,18-19,25H,5,12-14,17,20-21H2,1-4H3,(H,37,38,39)/t25-/m1/s1. The van der Waals surface area contributed by atoms with Gasteiger partial charge in [-0.2, -0.15) is 4.98 Å². The van der Waals surface area contributed by atoms with Crippen LogP contribution in [0.15, 0.2) is 65.8 Å². The number of amides is 1. The van der Waals surface area contributed by atoms with Crippen molar-refractivity contribution in [3.05, 3.63) is 83.4 Å². The van der Waals surface area contributed by atoms with E-state index in [-0.39, 0.29) is 46.8 Å². The average Bonchev–Trinajstić information content (AvgIpc) is 3.77. The van der Waals surface area contributed by atoms with Gasteiger partial charge < -0.3 is 14.4 Å². The Morgan fingerprint density at radius 3 is 2.46 bits per heavy atom. The van der Waals surface area contributed by atoms with Crippen LogP contribution in [0.2, 0.25) is 0 Å². The maximum Gasteiger partial charge on any atom is 0.264 e. The third kappa shape index (κ3) is 6.96. The number of ether oxygens (including phenoxy) is 2. The Kier molecular flexibility index (Phi) is 8.65. The number of anilines is 1. The number of hydrogen-bond donors (Lipinski definition) is 1. The van der Waals surface area contributed by atoms with Crippen molar-refractivity contribution in [1.82, 2.24) is 24.8 Å². The van der Waals surface area contributed by atoms with E-state index >= 15 is 0 Å². The first kappa shape index (κ1) is 31.4. The Labute approximate surface area is 269 Å². The molecule has 0 spiro atoms. The maximum atomic E-state index is 14.3. The van der Waals surface area contributed by atoms with Gasteiger partial charge in [-0.05, 0) is 74.3 Å². The highest BCUT2D eigenvalue weighted by Crippen LogP contribution is 2.49. The molecule has 4 aromatic rings. The third-order valence-electron chi connectivity index (χ3n) is 8.48. The van der Waals surface area contributed by atoms with Crippen LogP contribution in [0, 0.1) is 19.3 Å². The van der Waals surface area contributed by atoms with E-state index in [4.69, 9.17) is 9.47 Å². The molecule has 1 aliphatic carbocycles. The molecule has 1 fully saturated rings. The molecule has 3 heterocycles. The summed E-state index contributed by atoms with van der Waals surface area (Å²) < 4.78 is 41.7. The first-order valence-electron chi connectivity index (χ1n) is 15.5. The summed E-state index contributed by atoms with van der Waals surface area (Å²) in [4.78, 5) is 33.9. The number of nitrogens with zero attached hydrogens (tertiary/aromatic N) is 5. The fourth-order valence-corrected chi connectivity index (χ4v) is 6.69. The average molecular weight is 643 g/mol. The van der Waals surface area contributed by atoms with E-state index in [1.807, 2.05) is 39.0 Å². The Balaban J connectivity index is 1.45. The quantitative estimate of drug-likeness (QED) is 0.255. The Bertz CT molecular complexity index is 1840. The zero-order chi connectivity index (χ0) is 32.5. The van der Waals surface area contributed by atoms with E-state index in [9.17, 15) is 13.2 Å². The summed E-state index contributed by atoms with van der Waals surface area (Å²) >= 11 is 0. The predicted molar refractivity (Wildman–Crippen MR) is 173 cm³/mol. The van der Waals surface area contributed by atoms with Crippen LogP contribution >= 0.6 is 0 Å². The van der Waals surface area contributed by atoms with Gasteiger partial charge in [0.05, 0.1) is 42.2 Å². The molecule has 0 radical (unpaired) electrons. The lowest BCUT2D eigenvalue weighted by Crippen LogP contribution is -2.44. The molecule has 1 N–H and O–H groups in total. The number of carbonyl (C=O) groups is 1. The van der Waals surface area contributed by atoms with Crippen LogP contribution in [0.4, 0.5) is 5.95 Å². The zero-order valence-electron chi connectivity index (χ0n) is 26.5. The Hall–Kier alpha value is -4.58. The van der Waals surface area contributed by atoms with Gasteiger partial charge in [0.1, 0.15) is 12.4 Å². The van der Waals surface area contributed by atoms with Gasteiger partial charge in [0.25, 0.3) is 15.9 Å². The number of aryl methyl sites for hydroxylation is 2. The smallest absolute Gasteiger partial charge is 0.264 e. The number of carbonyl (C=O) groups excluding carboxylic acids is 1. The van der Waals surface area contributed by atoms with Crippen LogP contribution in [-0.4, -0.2) is 58.4 Å². The molecule has 0 saturated heterocycles. The van der Waals surface area contributed by atoms with Crippen LogP contribution < -0.4 is 14.2 Å². The van der Waals surface area contributed by atoms with Gasteiger partial charge in [-0.1, -0.05) is 38.1 Å². The number of sulfonamides is 1. The SMILES string of the molecule is CCCOc1cnc(CN2C(=O)c3cccc(c3)S(=O)(=O)Nc3nc(cc(-c4c(C)cccc4C)n3)OC[C@H]2CC2(C)CC2)nc1. The molecule has 2 aliphatic rings. The van der Waals surface area contributed by atoms with Crippen molar-refractivity contribution in [2.24, 2.45) is 5.41 Å².